The Morgan fingerprint density at radius 3 is 2.47 bits per heavy atom. The van der Waals surface area contributed by atoms with Gasteiger partial charge < -0.3 is 14.3 Å². The number of rotatable bonds is 6. The molecule has 15 heavy (non-hydrogen) atoms. The monoisotopic (exact) mass is 212 g/mol. The highest BCUT2D eigenvalue weighted by Crippen LogP contribution is 2.35. The first-order valence-electron chi connectivity index (χ1n) is 5.54. The van der Waals surface area contributed by atoms with E-state index in [0.29, 0.717) is 6.61 Å². The molecule has 0 aliphatic rings. The molecule has 0 saturated heterocycles. The van der Waals surface area contributed by atoms with Gasteiger partial charge in [-0.1, -0.05) is 13.8 Å². The Morgan fingerprint density at radius 2 is 2.07 bits per heavy atom. The molecule has 1 N–H and O–H groups in total. The quantitative estimate of drug-likeness (QED) is 0.788. The summed E-state index contributed by atoms with van der Waals surface area (Å²) in [5.74, 6) is 0. The van der Waals surface area contributed by atoms with Gasteiger partial charge >= 0.3 is 0 Å². The molecule has 0 amide bonds. The van der Waals surface area contributed by atoms with Gasteiger partial charge in [0, 0.05) is 12.2 Å². The second-order valence-electron chi connectivity index (χ2n) is 3.66. The summed E-state index contributed by atoms with van der Waals surface area (Å²) in [7, 11) is 0. The molecular weight excluding hydrogens is 192 g/mol. The van der Waals surface area contributed by atoms with Crippen LogP contribution in [0.2, 0.25) is 0 Å². The van der Waals surface area contributed by atoms with Gasteiger partial charge in [0.05, 0.1) is 18.1 Å². The summed E-state index contributed by atoms with van der Waals surface area (Å²) in [4.78, 5) is 0. The van der Waals surface area contributed by atoms with Crippen molar-refractivity contribution in [1.82, 2.24) is 0 Å². The summed E-state index contributed by atoms with van der Waals surface area (Å²) in [6.45, 7) is 6.61. The average molecular weight is 212 g/mol. The number of hydrogen-bond acceptors (Lipinski definition) is 3. The van der Waals surface area contributed by atoms with Crippen LogP contribution >= 0.6 is 0 Å². The molecule has 3 heteroatoms. The van der Waals surface area contributed by atoms with E-state index in [1.165, 1.54) is 0 Å². The first-order valence-corrected chi connectivity index (χ1v) is 5.54. The van der Waals surface area contributed by atoms with Crippen molar-refractivity contribution in [3.05, 3.63) is 24.2 Å². The third-order valence-electron chi connectivity index (χ3n) is 2.99. The third-order valence-corrected chi connectivity index (χ3v) is 2.99. The maximum Gasteiger partial charge on any atom is 0.111 e. The molecule has 0 aliphatic heterocycles. The van der Waals surface area contributed by atoms with Crippen molar-refractivity contribution in [1.29, 1.82) is 0 Å². The lowest BCUT2D eigenvalue weighted by atomic mass is 9.87. The highest BCUT2D eigenvalue weighted by molar-refractivity contribution is 5.14. The molecule has 0 bridgehead atoms. The Labute approximate surface area is 91.1 Å². The lowest BCUT2D eigenvalue weighted by Crippen LogP contribution is -2.38. The molecule has 1 unspecified atom stereocenters. The summed E-state index contributed by atoms with van der Waals surface area (Å²) < 4.78 is 10.7. The summed E-state index contributed by atoms with van der Waals surface area (Å²) in [5.41, 5.74) is 0.297. The fourth-order valence-corrected chi connectivity index (χ4v) is 1.94. The van der Waals surface area contributed by atoms with Crippen molar-refractivity contribution in [3.8, 4) is 0 Å². The molecule has 0 aliphatic carbocycles. The fourth-order valence-electron chi connectivity index (χ4n) is 1.94. The van der Waals surface area contributed by atoms with Crippen LogP contribution < -0.4 is 0 Å². The van der Waals surface area contributed by atoms with Gasteiger partial charge in [-0.25, -0.2) is 0 Å². The van der Waals surface area contributed by atoms with Crippen molar-refractivity contribution in [2.45, 2.75) is 45.3 Å². The molecule has 0 radical (unpaired) electrons. The molecule has 1 aromatic rings. The number of hydrogen-bond donors (Lipinski definition) is 1. The second kappa shape index (κ2) is 5.33. The minimum Gasteiger partial charge on any atom is -0.472 e. The molecule has 1 rings (SSSR count). The maximum atomic E-state index is 10.3. The zero-order chi connectivity index (χ0) is 11.3. The Bertz CT molecular complexity index is 262. The second-order valence-corrected chi connectivity index (χ2v) is 3.66. The zero-order valence-corrected chi connectivity index (χ0v) is 9.69. The van der Waals surface area contributed by atoms with Gasteiger partial charge in [0.1, 0.15) is 6.10 Å². The van der Waals surface area contributed by atoms with E-state index in [9.17, 15) is 5.11 Å². The zero-order valence-electron chi connectivity index (χ0n) is 9.69. The first-order chi connectivity index (χ1) is 7.20. The van der Waals surface area contributed by atoms with Gasteiger partial charge in [-0.05, 0) is 25.8 Å². The van der Waals surface area contributed by atoms with Gasteiger partial charge in [0.2, 0.25) is 0 Å². The van der Waals surface area contributed by atoms with E-state index in [-0.39, 0.29) is 0 Å². The van der Waals surface area contributed by atoms with Crippen molar-refractivity contribution >= 4 is 0 Å². The van der Waals surface area contributed by atoms with Gasteiger partial charge in [0.15, 0.2) is 0 Å². The summed E-state index contributed by atoms with van der Waals surface area (Å²) in [5, 5.41) is 10.3. The first kappa shape index (κ1) is 12.3. The SMILES string of the molecule is CCOC(CC)(CC)C(O)c1ccoc1. The van der Waals surface area contributed by atoms with Gasteiger partial charge in [-0.2, -0.15) is 0 Å². The van der Waals surface area contributed by atoms with E-state index in [1.807, 2.05) is 20.8 Å². The van der Waals surface area contributed by atoms with Crippen LogP contribution in [0.25, 0.3) is 0 Å². The van der Waals surface area contributed by atoms with E-state index < -0.39 is 11.7 Å². The average Bonchev–Trinajstić information content (AvgIpc) is 2.78. The van der Waals surface area contributed by atoms with E-state index in [0.717, 1.165) is 18.4 Å². The summed E-state index contributed by atoms with van der Waals surface area (Å²) in [6, 6.07) is 1.78. The molecule has 1 aromatic heterocycles. The van der Waals surface area contributed by atoms with Crippen LogP contribution in [0.1, 0.15) is 45.3 Å². The molecule has 0 fully saturated rings. The highest BCUT2D eigenvalue weighted by atomic mass is 16.5. The Hall–Kier alpha value is -0.800. The maximum absolute atomic E-state index is 10.3. The van der Waals surface area contributed by atoms with E-state index >= 15 is 0 Å². The third kappa shape index (κ3) is 2.41. The molecule has 86 valence electrons. The van der Waals surface area contributed by atoms with Crippen molar-refractivity contribution in [3.63, 3.8) is 0 Å². The van der Waals surface area contributed by atoms with Gasteiger partial charge in [-0.3, -0.25) is 0 Å². The molecule has 0 spiro atoms. The molecule has 3 nitrogen and oxygen atoms in total. The number of furan rings is 1. The van der Waals surface area contributed by atoms with Gasteiger partial charge in [-0.15, -0.1) is 0 Å². The minimum absolute atomic E-state index is 0.487. The summed E-state index contributed by atoms with van der Waals surface area (Å²) in [6.07, 6.45) is 4.09. The van der Waals surface area contributed by atoms with Gasteiger partial charge in [0.25, 0.3) is 0 Å². The standard InChI is InChI=1S/C12H20O3/c1-4-12(5-2,15-6-3)11(13)10-7-8-14-9-10/h7-9,11,13H,4-6H2,1-3H3. The Balaban J connectivity index is 2.88. The predicted molar refractivity (Wildman–Crippen MR) is 58.6 cm³/mol. The van der Waals surface area contributed by atoms with E-state index in [1.54, 1.807) is 18.6 Å². The van der Waals surface area contributed by atoms with Crippen LogP contribution in [0.5, 0.6) is 0 Å². The van der Waals surface area contributed by atoms with Crippen LogP contribution in [0.3, 0.4) is 0 Å². The van der Waals surface area contributed by atoms with Crippen LogP contribution in [0.4, 0.5) is 0 Å². The molecule has 1 heterocycles. The lowest BCUT2D eigenvalue weighted by Gasteiger charge is -2.35. The normalized spacial score (nSPS) is 14.1. The van der Waals surface area contributed by atoms with E-state index in [4.69, 9.17) is 9.15 Å². The molecule has 0 saturated carbocycles. The van der Waals surface area contributed by atoms with Crippen molar-refractivity contribution < 1.29 is 14.3 Å². The van der Waals surface area contributed by atoms with Crippen LogP contribution in [-0.4, -0.2) is 17.3 Å². The summed E-state index contributed by atoms with van der Waals surface area (Å²) >= 11 is 0. The highest BCUT2D eigenvalue weighted by Gasteiger charge is 2.36. The number of aliphatic hydroxyl groups excluding tert-OH is 1. The number of aliphatic hydroxyl groups is 1. The molecular formula is C12H20O3. The number of ether oxygens (including phenoxy) is 1. The minimum atomic E-state index is -0.619. The fraction of sp³-hybridized carbons (Fsp3) is 0.667. The van der Waals surface area contributed by atoms with Crippen molar-refractivity contribution in [2.24, 2.45) is 0 Å². The van der Waals surface area contributed by atoms with E-state index in [2.05, 4.69) is 0 Å². The smallest absolute Gasteiger partial charge is 0.111 e. The predicted octanol–water partition coefficient (Wildman–Crippen LogP) is 2.91. The Kier molecular flexibility index (Phi) is 4.36. The Morgan fingerprint density at radius 1 is 1.40 bits per heavy atom. The lowest BCUT2D eigenvalue weighted by molar-refractivity contribution is -0.127. The van der Waals surface area contributed by atoms with Crippen LogP contribution in [0, 0.1) is 0 Å². The van der Waals surface area contributed by atoms with Crippen molar-refractivity contribution in [2.75, 3.05) is 6.61 Å². The largest absolute Gasteiger partial charge is 0.472 e. The van der Waals surface area contributed by atoms with Crippen LogP contribution in [-0.2, 0) is 4.74 Å². The molecule has 0 aromatic carbocycles. The topological polar surface area (TPSA) is 42.6 Å². The van der Waals surface area contributed by atoms with Crippen LogP contribution in [0.15, 0.2) is 23.0 Å². The molecule has 1 atom stereocenters.